The predicted octanol–water partition coefficient (Wildman–Crippen LogP) is 4.21. The lowest BCUT2D eigenvalue weighted by atomic mass is 10.1. The lowest BCUT2D eigenvalue weighted by Gasteiger charge is -2.24. The average molecular weight is 291 g/mol. The Hall–Kier alpha value is -2.30. The van der Waals surface area contributed by atoms with Gasteiger partial charge in [0.15, 0.2) is 0 Å². The molecule has 0 aromatic heterocycles. The SMILES string of the molecule is O=Cc1ccc(N2CCc3ccccc32)c(C(F)(F)F)c1. The molecule has 3 rings (SSSR count). The number of benzene rings is 2. The topological polar surface area (TPSA) is 20.3 Å². The third kappa shape index (κ3) is 2.39. The molecule has 0 saturated heterocycles. The number of anilines is 2. The van der Waals surface area contributed by atoms with Crippen molar-refractivity contribution in [1.82, 2.24) is 0 Å². The van der Waals surface area contributed by atoms with E-state index >= 15 is 0 Å². The Labute approximate surface area is 119 Å². The standard InChI is InChI=1S/C16H12F3NO/c17-16(18,19)13-9-11(10-21)5-6-15(13)20-8-7-12-3-1-2-4-14(12)20/h1-6,9-10H,7-8H2. The zero-order valence-electron chi connectivity index (χ0n) is 11.0. The zero-order chi connectivity index (χ0) is 15.0. The first-order chi connectivity index (χ1) is 10.0. The molecule has 2 aromatic carbocycles. The number of carbonyl (C=O) groups excluding carboxylic acids is 1. The minimum absolute atomic E-state index is 0.0264. The number of aldehydes is 1. The molecule has 0 N–H and O–H groups in total. The van der Waals surface area contributed by atoms with E-state index in [4.69, 9.17) is 0 Å². The van der Waals surface area contributed by atoms with Gasteiger partial charge in [-0.15, -0.1) is 0 Å². The molecule has 1 aliphatic rings. The Morgan fingerprint density at radius 1 is 1.05 bits per heavy atom. The van der Waals surface area contributed by atoms with Gasteiger partial charge in [-0.2, -0.15) is 13.2 Å². The van der Waals surface area contributed by atoms with Gasteiger partial charge in [0.2, 0.25) is 0 Å². The van der Waals surface area contributed by atoms with Crippen molar-refractivity contribution in [2.24, 2.45) is 0 Å². The second-order valence-corrected chi connectivity index (χ2v) is 4.92. The first-order valence-electron chi connectivity index (χ1n) is 6.52. The third-order valence-electron chi connectivity index (χ3n) is 3.64. The summed E-state index contributed by atoms with van der Waals surface area (Å²) < 4.78 is 39.8. The van der Waals surface area contributed by atoms with Crippen LogP contribution in [-0.2, 0) is 12.6 Å². The van der Waals surface area contributed by atoms with E-state index in [1.807, 2.05) is 24.3 Å². The fraction of sp³-hybridized carbons (Fsp3) is 0.188. The van der Waals surface area contributed by atoms with Crippen LogP contribution >= 0.6 is 0 Å². The van der Waals surface area contributed by atoms with Crippen LogP contribution in [0.15, 0.2) is 42.5 Å². The number of nitrogens with zero attached hydrogens (tertiary/aromatic N) is 1. The van der Waals surface area contributed by atoms with Crippen LogP contribution < -0.4 is 4.90 Å². The maximum absolute atomic E-state index is 13.3. The number of alkyl halides is 3. The van der Waals surface area contributed by atoms with Crippen LogP contribution in [0.25, 0.3) is 0 Å². The maximum atomic E-state index is 13.3. The molecule has 2 nitrogen and oxygen atoms in total. The minimum Gasteiger partial charge on any atom is -0.340 e. The van der Waals surface area contributed by atoms with Gasteiger partial charge in [-0.1, -0.05) is 18.2 Å². The van der Waals surface area contributed by atoms with Gasteiger partial charge < -0.3 is 4.90 Å². The van der Waals surface area contributed by atoms with Gasteiger partial charge in [-0.25, -0.2) is 0 Å². The molecule has 0 unspecified atom stereocenters. The minimum atomic E-state index is -4.49. The summed E-state index contributed by atoms with van der Waals surface area (Å²) in [4.78, 5) is 12.4. The summed E-state index contributed by atoms with van der Waals surface area (Å²) in [5.74, 6) is 0. The summed E-state index contributed by atoms with van der Waals surface area (Å²) in [5, 5.41) is 0. The first kappa shape index (κ1) is 13.7. The summed E-state index contributed by atoms with van der Waals surface area (Å²) in [6, 6.07) is 11.1. The Bertz CT molecular complexity index is 694. The highest BCUT2D eigenvalue weighted by Gasteiger charge is 2.36. The van der Waals surface area contributed by atoms with Crippen LogP contribution in [0.3, 0.4) is 0 Å². The summed E-state index contributed by atoms with van der Waals surface area (Å²) >= 11 is 0. The second kappa shape index (κ2) is 4.91. The smallest absolute Gasteiger partial charge is 0.340 e. The Morgan fingerprint density at radius 3 is 2.52 bits per heavy atom. The normalized spacial score (nSPS) is 14.1. The molecular weight excluding hydrogens is 279 g/mol. The lowest BCUT2D eigenvalue weighted by Crippen LogP contribution is -2.19. The van der Waals surface area contributed by atoms with E-state index in [-0.39, 0.29) is 11.3 Å². The molecule has 0 atom stereocenters. The number of carbonyl (C=O) groups is 1. The van der Waals surface area contributed by atoms with Crippen molar-refractivity contribution >= 4 is 17.7 Å². The van der Waals surface area contributed by atoms with E-state index < -0.39 is 11.7 Å². The Morgan fingerprint density at radius 2 is 1.81 bits per heavy atom. The van der Waals surface area contributed by atoms with E-state index in [0.717, 1.165) is 17.3 Å². The van der Waals surface area contributed by atoms with Crippen molar-refractivity contribution in [1.29, 1.82) is 0 Å². The van der Waals surface area contributed by atoms with Gasteiger partial charge in [0, 0.05) is 17.8 Å². The van der Waals surface area contributed by atoms with Crippen LogP contribution in [0, 0.1) is 0 Å². The van der Waals surface area contributed by atoms with E-state index in [9.17, 15) is 18.0 Å². The Kier molecular flexibility index (Phi) is 3.20. The van der Waals surface area contributed by atoms with Crippen LogP contribution in [0.1, 0.15) is 21.5 Å². The molecule has 0 fully saturated rings. The largest absolute Gasteiger partial charge is 0.418 e. The highest BCUT2D eigenvalue weighted by Crippen LogP contribution is 2.42. The highest BCUT2D eigenvalue weighted by molar-refractivity contribution is 5.79. The number of halogens is 3. The van der Waals surface area contributed by atoms with E-state index in [0.29, 0.717) is 19.3 Å². The molecule has 0 saturated carbocycles. The molecule has 5 heteroatoms. The van der Waals surface area contributed by atoms with E-state index in [2.05, 4.69) is 0 Å². The summed E-state index contributed by atoms with van der Waals surface area (Å²) in [7, 11) is 0. The van der Waals surface area contributed by atoms with Crippen molar-refractivity contribution in [3.63, 3.8) is 0 Å². The van der Waals surface area contributed by atoms with E-state index in [1.54, 1.807) is 4.90 Å². The number of hydrogen-bond donors (Lipinski definition) is 0. The quantitative estimate of drug-likeness (QED) is 0.772. The van der Waals surface area contributed by atoms with Crippen molar-refractivity contribution in [2.75, 3.05) is 11.4 Å². The molecule has 0 radical (unpaired) electrons. The number of rotatable bonds is 2. The zero-order valence-corrected chi connectivity index (χ0v) is 11.0. The maximum Gasteiger partial charge on any atom is 0.418 e. The molecule has 21 heavy (non-hydrogen) atoms. The van der Waals surface area contributed by atoms with Crippen LogP contribution in [0.2, 0.25) is 0 Å². The molecular formula is C16H12F3NO. The summed E-state index contributed by atoms with van der Waals surface area (Å²) in [6.45, 7) is 0.503. The van der Waals surface area contributed by atoms with Gasteiger partial charge in [-0.3, -0.25) is 4.79 Å². The van der Waals surface area contributed by atoms with Crippen LogP contribution in [-0.4, -0.2) is 12.8 Å². The number of hydrogen-bond acceptors (Lipinski definition) is 2. The van der Waals surface area contributed by atoms with Gasteiger partial charge in [0.05, 0.1) is 11.3 Å². The molecule has 0 bridgehead atoms. The molecule has 108 valence electrons. The lowest BCUT2D eigenvalue weighted by molar-refractivity contribution is -0.137. The van der Waals surface area contributed by atoms with Crippen molar-refractivity contribution in [3.05, 3.63) is 59.2 Å². The van der Waals surface area contributed by atoms with Crippen LogP contribution in [0.5, 0.6) is 0 Å². The third-order valence-corrected chi connectivity index (χ3v) is 3.64. The molecule has 0 aliphatic carbocycles. The summed E-state index contributed by atoms with van der Waals surface area (Å²) in [5.41, 5.74) is 1.17. The van der Waals surface area contributed by atoms with Gasteiger partial charge in [0.25, 0.3) is 0 Å². The van der Waals surface area contributed by atoms with Gasteiger partial charge in [-0.05, 0) is 36.2 Å². The molecule has 2 aromatic rings. The summed E-state index contributed by atoms with van der Waals surface area (Å²) in [6.07, 6.45) is -3.36. The Balaban J connectivity index is 2.14. The first-order valence-corrected chi connectivity index (χ1v) is 6.52. The second-order valence-electron chi connectivity index (χ2n) is 4.92. The number of fused-ring (bicyclic) bond motifs is 1. The van der Waals surface area contributed by atoms with E-state index in [1.165, 1.54) is 12.1 Å². The van der Waals surface area contributed by atoms with Crippen molar-refractivity contribution < 1.29 is 18.0 Å². The molecule has 1 heterocycles. The molecule has 0 amide bonds. The van der Waals surface area contributed by atoms with Crippen molar-refractivity contribution in [3.8, 4) is 0 Å². The predicted molar refractivity (Wildman–Crippen MR) is 74.0 cm³/mol. The highest BCUT2D eigenvalue weighted by atomic mass is 19.4. The van der Waals surface area contributed by atoms with Crippen LogP contribution in [0.4, 0.5) is 24.5 Å². The average Bonchev–Trinajstić information content (AvgIpc) is 2.89. The van der Waals surface area contributed by atoms with Gasteiger partial charge in [0.1, 0.15) is 6.29 Å². The fourth-order valence-corrected chi connectivity index (χ4v) is 2.68. The van der Waals surface area contributed by atoms with Gasteiger partial charge >= 0.3 is 6.18 Å². The number of para-hydroxylation sites is 1. The monoisotopic (exact) mass is 291 g/mol. The fourth-order valence-electron chi connectivity index (χ4n) is 2.68. The van der Waals surface area contributed by atoms with Crippen molar-refractivity contribution in [2.45, 2.75) is 12.6 Å². The molecule has 1 aliphatic heterocycles. The molecule has 0 spiro atoms.